The topological polar surface area (TPSA) is 91.7 Å². The lowest BCUT2D eigenvalue weighted by atomic mass is 9.45. The molecule has 0 spiro atoms. The summed E-state index contributed by atoms with van der Waals surface area (Å²) in [5, 5.41) is 20.5. The van der Waals surface area contributed by atoms with E-state index in [-0.39, 0.29) is 34.7 Å². The first-order valence-electron chi connectivity index (χ1n) is 9.89. The summed E-state index contributed by atoms with van der Waals surface area (Å²) in [6, 6.07) is 0. The van der Waals surface area contributed by atoms with Crippen LogP contribution in [0.25, 0.3) is 0 Å². The smallest absolute Gasteiger partial charge is 0.162 e. The second-order valence-electron chi connectivity index (χ2n) is 9.14. The Morgan fingerprint density at radius 1 is 1.31 bits per heavy atom. The summed E-state index contributed by atoms with van der Waals surface area (Å²) in [5.74, 6) is -0.241. The number of rotatable bonds is 3. The molecule has 0 amide bonds. The predicted molar refractivity (Wildman–Crippen MR) is 94.1 cm³/mol. The van der Waals surface area contributed by atoms with Gasteiger partial charge in [0, 0.05) is 17.8 Å². The summed E-state index contributed by atoms with van der Waals surface area (Å²) in [6.07, 6.45) is 6.75. The van der Waals surface area contributed by atoms with Crippen LogP contribution in [-0.4, -0.2) is 40.8 Å². The molecule has 5 nitrogen and oxygen atoms in total. The Morgan fingerprint density at radius 2 is 2.08 bits per heavy atom. The number of carbonyl (C=O) groups is 3. The number of Topliss-reactive ketones (excluding diaryl/α,β-unsaturated/α-hetero) is 1. The van der Waals surface area contributed by atoms with Crippen molar-refractivity contribution in [1.29, 1.82) is 0 Å². The van der Waals surface area contributed by atoms with Crippen LogP contribution in [0, 0.1) is 34.5 Å². The Labute approximate surface area is 153 Å². The Balaban J connectivity index is 1.74. The lowest BCUT2D eigenvalue weighted by Crippen LogP contribution is -2.58. The van der Waals surface area contributed by atoms with Crippen molar-refractivity contribution in [2.45, 2.75) is 58.0 Å². The van der Waals surface area contributed by atoms with Gasteiger partial charge in [-0.25, -0.2) is 0 Å². The molecule has 26 heavy (non-hydrogen) atoms. The van der Waals surface area contributed by atoms with Gasteiger partial charge in [0.1, 0.15) is 12.9 Å². The molecule has 0 aromatic heterocycles. The van der Waals surface area contributed by atoms with Crippen LogP contribution in [0.3, 0.4) is 0 Å². The highest BCUT2D eigenvalue weighted by molar-refractivity contribution is 5.91. The molecule has 4 aliphatic carbocycles. The number of allylic oxidation sites excluding steroid dienone is 1. The molecule has 4 aliphatic rings. The van der Waals surface area contributed by atoms with Gasteiger partial charge in [0.05, 0.1) is 6.10 Å². The zero-order valence-corrected chi connectivity index (χ0v) is 15.3. The summed E-state index contributed by atoms with van der Waals surface area (Å²) in [6.45, 7) is 1.63. The third kappa shape index (κ3) is 2.26. The fourth-order valence-corrected chi connectivity index (χ4v) is 7.18. The predicted octanol–water partition coefficient (Wildman–Crippen LogP) is 1.85. The Kier molecular flexibility index (Phi) is 4.23. The third-order valence-corrected chi connectivity index (χ3v) is 8.27. The largest absolute Gasteiger partial charge is 0.393 e. The number of aldehydes is 1. The van der Waals surface area contributed by atoms with Gasteiger partial charge in [0.2, 0.25) is 0 Å². The normalized spacial score (nSPS) is 47.4. The van der Waals surface area contributed by atoms with Crippen molar-refractivity contribution in [2.24, 2.45) is 34.5 Å². The number of aliphatic hydroxyl groups excluding tert-OH is 2. The minimum Gasteiger partial charge on any atom is -0.393 e. The monoisotopic (exact) mass is 360 g/mol. The molecular weight excluding hydrogens is 332 g/mol. The first kappa shape index (κ1) is 18.1. The molecule has 142 valence electrons. The Morgan fingerprint density at radius 3 is 2.77 bits per heavy atom. The average Bonchev–Trinajstić information content (AvgIpc) is 3.00. The van der Waals surface area contributed by atoms with Crippen molar-refractivity contribution in [1.82, 2.24) is 0 Å². The van der Waals surface area contributed by atoms with Gasteiger partial charge < -0.3 is 15.0 Å². The van der Waals surface area contributed by atoms with Crippen LogP contribution in [0.5, 0.6) is 0 Å². The Hall–Kier alpha value is -1.33. The van der Waals surface area contributed by atoms with E-state index < -0.39 is 24.0 Å². The van der Waals surface area contributed by atoms with Crippen LogP contribution in [0.15, 0.2) is 11.6 Å². The number of aliphatic hydroxyl groups is 2. The second-order valence-corrected chi connectivity index (χ2v) is 9.14. The molecule has 0 heterocycles. The minimum absolute atomic E-state index is 0.0386. The van der Waals surface area contributed by atoms with E-state index in [2.05, 4.69) is 6.92 Å². The molecule has 3 saturated carbocycles. The van der Waals surface area contributed by atoms with Crippen LogP contribution < -0.4 is 0 Å². The van der Waals surface area contributed by atoms with E-state index in [1.54, 1.807) is 6.08 Å². The molecule has 0 aromatic rings. The van der Waals surface area contributed by atoms with E-state index in [0.29, 0.717) is 19.3 Å². The molecule has 0 saturated heterocycles. The number of carbonyl (C=O) groups excluding carboxylic acids is 3. The van der Waals surface area contributed by atoms with Gasteiger partial charge in [-0.15, -0.1) is 0 Å². The molecule has 3 fully saturated rings. The summed E-state index contributed by atoms with van der Waals surface area (Å²) < 4.78 is 0. The van der Waals surface area contributed by atoms with E-state index in [1.165, 1.54) is 0 Å². The zero-order chi connectivity index (χ0) is 18.7. The first-order chi connectivity index (χ1) is 12.4. The van der Waals surface area contributed by atoms with Crippen LogP contribution in [-0.2, 0) is 14.4 Å². The van der Waals surface area contributed by atoms with E-state index in [4.69, 9.17) is 0 Å². The Bertz CT molecular complexity index is 682. The molecule has 4 rings (SSSR count). The molecule has 2 N–H and O–H groups in total. The number of hydrogen-bond acceptors (Lipinski definition) is 5. The van der Waals surface area contributed by atoms with Crippen LogP contribution in [0.4, 0.5) is 0 Å². The molecule has 7 atom stereocenters. The standard InChI is InChI=1S/C21H28O5/c1-20-7-6-13(24)8-12(20)2-3-14-15-4-5-16(18(26)10-22)21(15,11-23)9-17(25)19(14)20/h8,11,14-17,19,22,25H,2-7,9-10H2,1H3/t14-,15-,16-,17-,19-,20-,21+/m0/s1. The maximum Gasteiger partial charge on any atom is 0.162 e. The minimum atomic E-state index is -0.831. The van der Waals surface area contributed by atoms with Crippen LogP contribution in [0.1, 0.15) is 51.9 Å². The molecule has 0 aliphatic heterocycles. The van der Waals surface area contributed by atoms with Gasteiger partial charge in [0.15, 0.2) is 11.6 Å². The highest BCUT2D eigenvalue weighted by Crippen LogP contribution is 2.66. The van der Waals surface area contributed by atoms with Gasteiger partial charge in [-0.1, -0.05) is 12.5 Å². The summed E-state index contributed by atoms with van der Waals surface area (Å²) in [5.41, 5.74) is 0.140. The van der Waals surface area contributed by atoms with Crippen molar-refractivity contribution in [3.05, 3.63) is 11.6 Å². The van der Waals surface area contributed by atoms with E-state index >= 15 is 0 Å². The lowest BCUT2D eigenvalue weighted by molar-refractivity contribution is -0.157. The van der Waals surface area contributed by atoms with Gasteiger partial charge in [0.25, 0.3) is 0 Å². The van der Waals surface area contributed by atoms with Gasteiger partial charge in [-0.3, -0.25) is 9.59 Å². The van der Waals surface area contributed by atoms with Gasteiger partial charge >= 0.3 is 0 Å². The molecule has 0 radical (unpaired) electrons. The summed E-state index contributed by atoms with van der Waals surface area (Å²) in [4.78, 5) is 36.4. The van der Waals surface area contributed by atoms with Crippen LogP contribution >= 0.6 is 0 Å². The zero-order valence-electron chi connectivity index (χ0n) is 15.3. The SMILES string of the molecule is C[C@]12CCC(=O)C=C1CC[C@@H]1[C@H]2[C@@H](O)C[C@]2(C=O)[C@H](C(=O)CO)CC[C@@H]12. The molecule has 0 aromatic carbocycles. The summed E-state index contributed by atoms with van der Waals surface area (Å²) in [7, 11) is 0. The molecular formula is C21H28O5. The maximum absolute atomic E-state index is 12.3. The number of ketones is 2. The van der Waals surface area contributed by atoms with Crippen molar-refractivity contribution in [3.63, 3.8) is 0 Å². The summed E-state index contributed by atoms with van der Waals surface area (Å²) >= 11 is 0. The maximum atomic E-state index is 12.3. The van der Waals surface area contributed by atoms with E-state index in [9.17, 15) is 24.6 Å². The highest BCUT2D eigenvalue weighted by atomic mass is 16.3. The van der Waals surface area contributed by atoms with E-state index in [1.807, 2.05) is 0 Å². The second kappa shape index (κ2) is 6.10. The molecule has 0 bridgehead atoms. The van der Waals surface area contributed by atoms with Crippen molar-refractivity contribution >= 4 is 17.9 Å². The molecule has 0 unspecified atom stereocenters. The van der Waals surface area contributed by atoms with Gasteiger partial charge in [-0.05, 0) is 67.8 Å². The van der Waals surface area contributed by atoms with E-state index in [0.717, 1.165) is 37.5 Å². The highest BCUT2D eigenvalue weighted by Gasteiger charge is 2.64. The van der Waals surface area contributed by atoms with Crippen molar-refractivity contribution in [3.8, 4) is 0 Å². The van der Waals surface area contributed by atoms with Crippen LogP contribution in [0.2, 0.25) is 0 Å². The fourth-order valence-electron chi connectivity index (χ4n) is 7.18. The van der Waals surface area contributed by atoms with Gasteiger partial charge in [-0.2, -0.15) is 0 Å². The number of fused-ring (bicyclic) bond motifs is 5. The molecule has 5 heteroatoms. The average molecular weight is 360 g/mol. The first-order valence-corrected chi connectivity index (χ1v) is 9.89. The third-order valence-electron chi connectivity index (χ3n) is 8.27. The van der Waals surface area contributed by atoms with Crippen molar-refractivity contribution in [2.75, 3.05) is 6.61 Å². The lowest BCUT2D eigenvalue weighted by Gasteiger charge is -2.59. The quantitative estimate of drug-likeness (QED) is 0.750. The van der Waals surface area contributed by atoms with Crippen molar-refractivity contribution < 1.29 is 24.6 Å². The fraction of sp³-hybridized carbons (Fsp3) is 0.762. The number of hydrogen-bond donors (Lipinski definition) is 2.